The first-order valence-electron chi connectivity index (χ1n) is 4.07. The number of carbonyl (C=O) groups is 1. The Morgan fingerprint density at radius 3 is 2.85 bits per heavy atom. The van der Waals surface area contributed by atoms with Gasteiger partial charge in [0, 0.05) is 10.9 Å². The van der Waals surface area contributed by atoms with Crippen molar-refractivity contribution in [1.29, 1.82) is 0 Å². The van der Waals surface area contributed by atoms with Crippen molar-refractivity contribution in [2.75, 3.05) is 6.26 Å². The Kier molecular flexibility index (Phi) is 3.81. The molecule has 72 valence electrons. The lowest BCUT2D eigenvalue weighted by molar-refractivity contribution is 0.0944. The third-order valence-electron chi connectivity index (χ3n) is 1.48. The summed E-state index contributed by atoms with van der Waals surface area (Å²) in [6, 6.07) is 2.18. The van der Waals surface area contributed by atoms with Crippen LogP contribution in [-0.2, 0) is 0 Å². The summed E-state index contributed by atoms with van der Waals surface area (Å²) in [5.74, 6) is 0.0364. The van der Waals surface area contributed by atoms with Crippen molar-refractivity contribution in [1.82, 2.24) is 5.32 Å². The molecule has 0 saturated heterocycles. The van der Waals surface area contributed by atoms with Gasteiger partial charge >= 0.3 is 0 Å². The number of carbonyl (C=O) groups excluding carboxylic acids is 1. The second-order valence-electron chi connectivity index (χ2n) is 2.95. The fraction of sp³-hybridized carbons (Fsp3) is 0.444. The van der Waals surface area contributed by atoms with E-state index in [4.69, 9.17) is 0 Å². The van der Waals surface area contributed by atoms with Crippen molar-refractivity contribution in [3.8, 4) is 0 Å². The van der Waals surface area contributed by atoms with Crippen LogP contribution in [0.25, 0.3) is 0 Å². The molecule has 0 radical (unpaired) electrons. The van der Waals surface area contributed by atoms with Crippen molar-refractivity contribution in [3.05, 3.63) is 16.3 Å². The van der Waals surface area contributed by atoms with Gasteiger partial charge in [0.25, 0.3) is 5.91 Å². The van der Waals surface area contributed by atoms with Crippen LogP contribution >= 0.6 is 23.1 Å². The molecule has 0 spiro atoms. The topological polar surface area (TPSA) is 29.1 Å². The molecule has 0 bridgehead atoms. The second-order valence-corrected chi connectivity index (χ2v) is 4.71. The van der Waals surface area contributed by atoms with Crippen LogP contribution in [0.1, 0.15) is 23.5 Å². The van der Waals surface area contributed by atoms with E-state index in [1.54, 1.807) is 11.8 Å². The molecule has 1 rings (SSSR count). The molecule has 1 N–H and O–H groups in total. The van der Waals surface area contributed by atoms with Gasteiger partial charge in [0.1, 0.15) is 4.88 Å². The Morgan fingerprint density at radius 2 is 2.31 bits per heavy atom. The van der Waals surface area contributed by atoms with Crippen molar-refractivity contribution >= 4 is 29.0 Å². The van der Waals surface area contributed by atoms with Crippen LogP contribution in [0.3, 0.4) is 0 Å². The van der Waals surface area contributed by atoms with E-state index >= 15 is 0 Å². The summed E-state index contributed by atoms with van der Waals surface area (Å²) >= 11 is 3.10. The van der Waals surface area contributed by atoms with E-state index in [9.17, 15) is 4.79 Å². The molecule has 1 aromatic heterocycles. The highest BCUT2D eigenvalue weighted by Crippen LogP contribution is 2.25. The zero-order chi connectivity index (χ0) is 9.84. The zero-order valence-electron chi connectivity index (χ0n) is 7.96. The normalized spacial score (nSPS) is 10.5. The summed E-state index contributed by atoms with van der Waals surface area (Å²) in [5.41, 5.74) is 0. The predicted molar refractivity (Wildman–Crippen MR) is 58.7 cm³/mol. The first-order valence-corrected chi connectivity index (χ1v) is 6.18. The molecule has 1 aromatic rings. The SMILES string of the molecule is CSc1ccsc1C(=O)NC(C)C. The summed E-state index contributed by atoms with van der Waals surface area (Å²) < 4.78 is 0. The van der Waals surface area contributed by atoms with Crippen molar-refractivity contribution < 1.29 is 4.79 Å². The minimum atomic E-state index is 0.0364. The Bertz CT molecular complexity index is 294. The highest BCUT2D eigenvalue weighted by molar-refractivity contribution is 7.98. The van der Waals surface area contributed by atoms with Crippen molar-refractivity contribution in [3.63, 3.8) is 0 Å². The Morgan fingerprint density at radius 1 is 1.62 bits per heavy atom. The van der Waals surface area contributed by atoms with E-state index in [-0.39, 0.29) is 11.9 Å². The number of thioether (sulfide) groups is 1. The Hall–Kier alpha value is -0.480. The van der Waals surface area contributed by atoms with Crippen LogP contribution in [-0.4, -0.2) is 18.2 Å². The fourth-order valence-electron chi connectivity index (χ4n) is 0.952. The maximum atomic E-state index is 11.6. The molecule has 0 unspecified atom stereocenters. The van der Waals surface area contributed by atoms with Gasteiger partial charge in [-0.1, -0.05) is 0 Å². The third kappa shape index (κ3) is 2.74. The first-order chi connectivity index (χ1) is 6.15. The summed E-state index contributed by atoms with van der Waals surface area (Å²) in [6.07, 6.45) is 1.98. The lowest BCUT2D eigenvalue weighted by atomic mass is 10.3. The van der Waals surface area contributed by atoms with E-state index in [1.165, 1.54) is 11.3 Å². The predicted octanol–water partition coefficient (Wildman–Crippen LogP) is 2.61. The molecule has 0 aromatic carbocycles. The van der Waals surface area contributed by atoms with Gasteiger partial charge in [0.05, 0.1) is 0 Å². The molecule has 0 aliphatic carbocycles. The van der Waals surface area contributed by atoms with E-state index < -0.39 is 0 Å². The lowest BCUT2D eigenvalue weighted by Crippen LogP contribution is -2.29. The van der Waals surface area contributed by atoms with Crippen LogP contribution in [0.2, 0.25) is 0 Å². The number of amides is 1. The van der Waals surface area contributed by atoms with Crippen LogP contribution in [0.4, 0.5) is 0 Å². The second kappa shape index (κ2) is 4.67. The van der Waals surface area contributed by atoms with Crippen molar-refractivity contribution in [2.45, 2.75) is 24.8 Å². The van der Waals surface area contributed by atoms with Gasteiger partial charge in [-0.05, 0) is 31.5 Å². The van der Waals surface area contributed by atoms with Crippen molar-refractivity contribution in [2.24, 2.45) is 0 Å². The first kappa shape index (κ1) is 10.6. The van der Waals surface area contributed by atoms with Gasteiger partial charge in [0.2, 0.25) is 0 Å². The molecule has 1 heterocycles. The molecule has 0 fully saturated rings. The van der Waals surface area contributed by atoms with Gasteiger partial charge in [-0.25, -0.2) is 0 Å². The number of rotatable bonds is 3. The van der Waals surface area contributed by atoms with Gasteiger partial charge in [-0.3, -0.25) is 4.79 Å². The van der Waals surface area contributed by atoms with Crippen LogP contribution in [0.15, 0.2) is 16.3 Å². The monoisotopic (exact) mass is 215 g/mol. The van der Waals surface area contributed by atoms with Gasteiger partial charge in [0.15, 0.2) is 0 Å². The van der Waals surface area contributed by atoms with Crippen LogP contribution < -0.4 is 5.32 Å². The van der Waals surface area contributed by atoms with E-state index in [1.807, 2.05) is 31.5 Å². The summed E-state index contributed by atoms with van der Waals surface area (Å²) in [6.45, 7) is 3.93. The molecular formula is C9H13NOS2. The fourth-order valence-corrected chi connectivity index (χ4v) is 2.60. The average Bonchev–Trinajstić information content (AvgIpc) is 2.49. The minimum Gasteiger partial charge on any atom is -0.349 e. The molecule has 0 saturated carbocycles. The lowest BCUT2D eigenvalue weighted by Gasteiger charge is -2.07. The smallest absolute Gasteiger partial charge is 0.262 e. The number of nitrogens with one attached hydrogen (secondary N) is 1. The van der Waals surface area contributed by atoms with E-state index in [2.05, 4.69) is 5.32 Å². The average molecular weight is 215 g/mol. The Balaban J connectivity index is 2.76. The molecule has 1 amide bonds. The van der Waals surface area contributed by atoms with Gasteiger partial charge in [-0.2, -0.15) is 0 Å². The van der Waals surface area contributed by atoms with Gasteiger partial charge < -0.3 is 5.32 Å². The number of hydrogen-bond donors (Lipinski definition) is 1. The molecular weight excluding hydrogens is 202 g/mol. The Labute approximate surface area is 86.7 Å². The maximum Gasteiger partial charge on any atom is 0.262 e. The third-order valence-corrected chi connectivity index (χ3v) is 3.30. The molecule has 0 aliphatic heterocycles. The molecule has 4 heteroatoms. The summed E-state index contributed by atoms with van der Waals surface area (Å²) in [5, 5.41) is 4.82. The highest BCUT2D eigenvalue weighted by atomic mass is 32.2. The standard InChI is InChI=1S/C9H13NOS2/c1-6(2)10-9(11)8-7(12-3)4-5-13-8/h4-6H,1-3H3,(H,10,11). The number of thiophene rings is 1. The van der Waals surface area contributed by atoms with Crippen LogP contribution in [0, 0.1) is 0 Å². The van der Waals surface area contributed by atoms with E-state index in [0.717, 1.165) is 9.77 Å². The zero-order valence-corrected chi connectivity index (χ0v) is 9.59. The molecule has 0 aliphatic rings. The van der Waals surface area contributed by atoms with Gasteiger partial charge in [-0.15, -0.1) is 23.1 Å². The largest absolute Gasteiger partial charge is 0.349 e. The minimum absolute atomic E-state index is 0.0364. The summed E-state index contributed by atoms with van der Waals surface area (Å²) in [4.78, 5) is 13.5. The maximum absolute atomic E-state index is 11.6. The number of hydrogen-bond acceptors (Lipinski definition) is 3. The molecule has 13 heavy (non-hydrogen) atoms. The van der Waals surface area contributed by atoms with E-state index in [0.29, 0.717) is 0 Å². The summed E-state index contributed by atoms with van der Waals surface area (Å²) in [7, 11) is 0. The highest BCUT2D eigenvalue weighted by Gasteiger charge is 2.12. The quantitative estimate of drug-likeness (QED) is 0.785. The molecule has 2 nitrogen and oxygen atoms in total. The molecule has 0 atom stereocenters. The van der Waals surface area contributed by atoms with Crippen LogP contribution in [0.5, 0.6) is 0 Å².